The number of carbonyl (C=O) groups excluding carboxylic acids is 1. The highest BCUT2D eigenvalue weighted by atomic mass is 16.2. The van der Waals surface area contributed by atoms with E-state index >= 15 is 0 Å². The summed E-state index contributed by atoms with van der Waals surface area (Å²) in [5.74, 6) is 1.76. The number of hydrogen-bond donors (Lipinski definition) is 1. The topological polar surface area (TPSA) is 35.6 Å². The maximum atomic E-state index is 12.8. The van der Waals surface area contributed by atoms with Gasteiger partial charge in [-0.25, -0.2) is 0 Å². The van der Waals surface area contributed by atoms with Gasteiger partial charge in [0.1, 0.15) is 0 Å². The Morgan fingerprint density at radius 1 is 1.00 bits per heavy atom. The van der Waals surface area contributed by atoms with Gasteiger partial charge in [-0.2, -0.15) is 0 Å². The van der Waals surface area contributed by atoms with Crippen LogP contribution in [-0.4, -0.2) is 61.5 Å². The minimum atomic E-state index is 0.356. The van der Waals surface area contributed by atoms with Crippen molar-refractivity contribution in [2.45, 2.75) is 51.4 Å². The van der Waals surface area contributed by atoms with Crippen molar-refractivity contribution in [3.8, 4) is 0 Å². The molecule has 2 saturated carbocycles. The monoisotopic (exact) mass is 319 g/mol. The molecule has 2 aliphatic carbocycles. The van der Waals surface area contributed by atoms with Gasteiger partial charge >= 0.3 is 0 Å². The minimum Gasteiger partial charge on any atom is -0.340 e. The summed E-state index contributed by atoms with van der Waals surface area (Å²) in [5.41, 5.74) is 0.390. The summed E-state index contributed by atoms with van der Waals surface area (Å²) >= 11 is 0. The summed E-state index contributed by atoms with van der Waals surface area (Å²) in [6.07, 6.45) is 10.8. The Morgan fingerprint density at radius 2 is 1.70 bits per heavy atom. The van der Waals surface area contributed by atoms with Crippen molar-refractivity contribution in [2.75, 3.05) is 45.8 Å². The average Bonchev–Trinajstić information content (AvgIpc) is 3.29. The molecule has 1 amide bonds. The zero-order valence-corrected chi connectivity index (χ0v) is 14.6. The lowest BCUT2D eigenvalue weighted by atomic mass is 9.89. The number of piperazine rings is 1. The molecule has 1 atom stereocenters. The van der Waals surface area contributed by atoms with Crippen LogP contribution in [0, 0.1) is 17.3 Å². The molecular formula is C19H33N3O. The van der Waals surface area contributed by atoms with Gasteiger partial charge in [-0.1, -0.05) is 19.3 Å². The van der Waals surface area contributed by atoms with Gasteiger partial charge in [0.25, 0.3) is 0 Å². The van der Waals surface area contributed by atoms with E-state index in [9.17, 15) is 4.79 Å². The Bertz CT molecular complexity index is 418. The summed E-state index contributed by atoms with van der Waals surface area (Å²) in [5, 5.41) is 3.43. The Balaban J connectivity index is 1.23. The summed E-state index contributed by atoms with van der Waals surface area (Å²) in [7, 11) is 0. The summed E-state index contributed by atoms with van der Waals surface area (Å²) in [6, 6.07) is 0. The highest BCUT2D eigenvalue weighted by molar-refractivity contribution is 5.82. The van der Waals surface area contributed by atoms with Crippen LogP contribution >= 0.6 is 0 Å². The molecule has 0 aromatic heterocycles. The molecule has 2 heterocycles. The van der Waals surface area contributed by atoms with Crippen LogP contribution in [0.25, 0.3) is 0 Å². The van der Waals surface area contributed by atoms with E-state index in [2.05, 4.69) is 15.1 Å². The molecule has 1 spiro atoms. The van der Waals surface area contributed by atoms with E-state index in [1.807, 2.05) is 0 Å². The van der Waals surface area contributed by atoms with Gasteiger partial charge in [-0.3, -0.25) is 9.69 Å². The fourth-order valence-corrected chi connectivity index (χ4v) is 5.28. The number of rotatable bonds is 3. The van der Waals surface area contributed by atoms with Crippen LogP contribution in [0.3, 0.4) is 0 Å². The van der Waals surface area contributed by atoms with Gasteiger partial charge < -0.3 is 10.2 Å². The Morgan fingerprint density at radius 3 is 2.39 bits per heavy atom. The van der Waals surface area contributed by atoms with E-state index in [1.165, 1.54) is 51.5 Å². The molecule has 1 N–H and O–H groups in total. The average molecular weight is 319 g/mol. The number of hydrogen-bond acceptors (Lipinski definition) is 3. The third kappa shape index (κ3) is 3.43. The highest BCUT2D eigenvalue weighted by Gasteiger charge is 2.58. The molecular weight excluding hydrogens is 286 g/mol. The molecule has 4 heteroatoms. The first-order chi connectivity index (χ1) is 11.3. The summed E-state index contributed by atoms with van der Waals surface area (Å²) in [6.45, 7) is 7.64. The van der Waals surface area contributed by atoms with Crippen LogP contribution in [0.2, 0.25) is 0 Å². The largest absolute Gasteiger partial charge is 0.340 e. The molecule has 4 aliphatic rings. The van der Waals surface area contributed by atoms with Crippen molar-refractivity contribution in [1.82, 2.24) is 15.1 Å². The summed E-state index contributed by atoms with van der Waals surface area (Å²) in [4.78, 5) is 17.6. The molecule has 4 rings (SSSR count). The third-order valence-corrected chi connectivity index (χ3v) is 7.01. The molecule has 2 aliphatic heterocycles. The van der Waals surface area contributed by atoms with E-state index in [0.29, 0.717) is 17.2 Å². The van der Waals surface area contributed by atoms with Crippen molar-refractivity contribution < 1.29 is 4.79 Å². The molecule has 23 heavy (non-hydrogen) atoms. The molecule has 0 aromatic carbocycles. The number of nitrogens with one attached hydrogen (secondary N) is 1. The first kappa shape index (κ1) is 15.9. The van der Waals surface area contributed by atoms with Gasteiger partial charge in [0.15, 0.2) is 0 Å². The molecule has 1 unspecified atom stereocenters. The van der Waals surface area contributed by atoms with Crippen LogP contribution in [-0.2, 0) is 4.79 Å². The second kappa shape index (κ2) is 6.72. The standard InChI is InChI=1S/C19H33N3O/c23-18(17-14-19(17)6-8-20-9-7-19)22-12-10-21(11-13-22)15-16-4-2-1-3-5-16/h16-17,20H,1-15H2. The van der Waals surface area contributed by atoms with Crippen molar-refractivity contribution in [2.24, 2.45) is 17.3 Å². The lowest BCUT2D eigenvalue weighted by Gasteiger charge is -2.37. The third-order valence-electron chi connectivity index (χ3n) is 7.01. The maximum Gasteiger partial charge on any atom is 0.226 e. The lowest BCUT2D eigenvalue weighted by Crippen LogP contribution is -2.50. The van der Waals surface area contributed by atoms with Crippen molar-refractivity contribution >= 4 is 5.91 Å². The molecule has 0 radical (unpaired) electrons. The van der Waals surface area contributed by atoms with E-state index < -0.39 is 0 Å². The fourth-order valence-electron chi connectivity index (χ4n) is 5.28. The van der Waals surface area contributed by atoms with Gasteiger partial charge in [0.05, 0.1) is 0 Å². The van der Waals surface area contributed by atoms with Crippen molar-refractivity contribution in [1.29, 1.82) is 0 Å². The van der Waals surface area contributed by atoms with E-state index in [1.54, 1.807) is 0 Å². The van der Waals surface area contributed by atoms with Gasteiger partial charge in [0.2, 0.25) is 5.91 Å². The second-order valence-electron chi connectivity index (χ2n) is 8.50. The van der Waals surface area contributed by atoms with Crippen molar-refractivity contribution in [3.05, 3.63) is 0 Å². The first-order valence-corrected chi connectivity index (χ1v) is 9.99. The smallest absolute Gasteiger partial charge is 0.226 e. The molecule has 0 bridgehead atoms. The van der Waals surface area contributed by atoms with E-state index in [-0.39, 0.29) is 0 Å². The predicted molar refractivity (Wildman–Crippen MR) is 92.2 cm³/mol. The predicted octanol–water partition coefficient (Wildman–Crippen LogP) is 2.10. The lowest BCUT2D eigenvalue weighted by molar-refractivity contribution is -0.135. The molecule has 130 valence electrons. The number of carbonyl (C=O) groups is 1. The fraction of sp³-hybridized carbons (Fsp3) is 0.947. The molecule has 4 fully saturated rings. The van der Waals surface area contributed by atoms with Crippen LogP contribution in [0.5, 0.6) is 0 Å². The number of amides is 1. The van der Waals surface area contributed by atoms with Gasteiger partial charge in [-0.05, 0) is 56.5 Å². The molecule has 2 saturated heterocycles. The quantitative estimate of drug-likeness (QED) is 0.865. The zero-order chi connectivity index (χ0) is 15.7. The second-order valence-corrected chi connectivity index (χ2v) is 8.50. The van der Waals surface area contributed by atoms with Crippen LogP contribution in [0.1, 0.15) is 51.4 Å². The Kier molecular flexibility index (Phi) is 4.64. The maximum absolute atomic E-state index is 12.8. The SMILES string of the molecule is O=C(C1CC12CCNCC2)N1CCN(CC2CCCCC2)CC1. The summed E-state index contributed by atoms with van der Waals surface area (Å²) < 4.78 is 0. The van der Waals surface area contributed by atoms with Crippen molar-refractivity contribution in [3.63, 3.8) is 0 Å². The van der Waals surface area contributed by atoms with E-state index in [0.717, 1.165) is 51.6 Å². The van der Waals surface area contributed by atoms with Crippen LogP contribution in [0.4, 0.5) is 0 Å². The van der Waals surface area contributed by atoms with Gasteiger partial charge in [-0.15, -0.1) is 0 Å². The minimum absolute atomic E-state index is 0.356. The normalized spacial score (nSPS) is 32.2. The number of piperidine rings is 1. The van der Waals surface area contributed by atoms with E-state index in [4.69, 9.17) is 0 Å². The van der Waals surface area contributed by atoms with Gasteiger partial charge in [0, 0.05) is 38.6 Å². The number of nitrogens with zero attached hydrogens (tertiary/aromatic N) is 2. The molecule has 4 nitrogen and oxygen atoms in total. The zero-order valence-electron chi connectivity index (χ0n) is 14.6. The highest BCUT2D eigenvalue weighted by Crippen LogP contribution is 2.59. The van der Waals surface area contributed by atoms with Crippen LogP contribution in [0.15, 0.2) is 0 Å². The Labute approximate surface area is 141 Å². The first-order valence-electron chi connectivity index (χ1n) is 9.99. The van der Waals surface area contributed by atoms with Crippen LogP contribution < -0.4 is 5.32 Å². The molecule has 0 aromatic rings. The Hall–Kier alpha value is -0.610.